The summed E-state index contributed by atoms with van der Waals surface area (Å²) in [5.41, 5.74) is 1.11. The molecular weight excluding hydrogens is 152 g/mol. The van der Waals surface area contributed by atoms with Crippen LogP contribution in [-0.2, 0) is 9.53 Å². The predicted molar refractivity (Wildman–Crippen MR) is 49.9 cm³/mol. The highest BCUT2D eigenvalue weighted by Crippen LogP contribution is 2.04. The second-order valence-electron chi connectivity index (χ2n) is 2.82. The van der Waals surface area contributed by atoms with Crippen molar-refractivity contribution in [2.75, 3.05) is 6.61 Å². The van der Waals surface area contributed by atoms with Gasteiger partial charge in [-0.05, 0) is 20.3 Å². The Morgan fingerprint density at radius 2 is 2.08 bits per heavy atom. The molecule has 0 aliphatic rings. The number of esters is 1. The first-order valence-corrected chi connectivity index (χ1v) is 4.52. The molecule has 0 aromatic rings. The van der Waals surface area contributed by atoms with Gasteiger partial charge in [0.1, 0.15) is 0 Å². The summed E-state index contributed by atoms with van der Waals surface area (Å²) in [6.07, 6.45) is 4.70. The lowest BCUT2D eigenvalue weighted by Crippen LogP contribution is -2.03. The third-order valence-corrected chi connectivity index (χ3v) is 1.51. The van der Waals surface area contributed by atoms with Crippen LogP contribution in [0.4, 0.5) is 0 Å². The van der Waals surface area contributed by atoms with E-state index in [-0.39, 0.29) is 5.97 Å². The molecule has 0 spiro atoms. The second-order valence-corrected chi connectivity index (χ2v) is 2.82. The maximum absolute atomic E-state index is 11.0. The summed E-state index contributed by atoms with van der Waals surface area (Å²) in [6.45, 7) is 6.38. The molecular formula is C10H18O2. The van der Waals surface area contributed by atoms with Gasteiger partial charge in [0.2, 0.25) is 0 Å². The first kappa shape index (κ1) is 11.2. The molecule has 0 aliphatic carbocycles. The van der Waals surface area contributed by atoms with Crippen molar-refractivity contribution in [3.63, 3.8) is 0 Å². The minimum atomic E-state index is -0.123. The third-order valence-electron chi connectivity index (χ3n) is 1.51. The fourth-order valence-electron chi connectivity index (χ4n) is 0.903. The Balaban J connectivity index is 3.67. The van der Waals surface area contributed by atoms with Crippen LogP contribution in [0.2, 0.25) is 0 Å². The van der Waals surface area contributed by atoms with Crippen LogP contribution >= 0.6 is 0 Å². The molecule has 0 bridgehead atoms. The Morgan fingerprint density at radius 1 is 1.42 bits per heavy atom. The van der Waals surface area contributed by atoms with Crippen LogP contribution in [-0.4, -0.2) is 12.6 Å². The maximum atomic E-state index is 11.0. The molecule has 2 heteroatoms. The summed E-state index contributed by atoms with van der Waals surface area (Å²) in [7, 11) is 0. The van der Waals surface area contributed by atoms with Crippen molar-refractivity contribution in [2.24, 2.45) is 0 Å². The van der Waals surface area contributed by atoms with Crippen LogP contribution in [0.1, 0.15) is 40.0 Å². The fourth-order valence-corrected chi connectivity index (χ4v) is 0.903. The second kappa shape index (κ2) is 6.89. The summed E-state index contributed by atoms with van der Waals surface area (Å²) >= 11 is 0. The third kappa shape index (κ3) is 5.96. The van der Waals surface area contributed by atoms with Gasteiger partial charge in [-0.15, -0.1) is 0 Å². The smallest absolute Gasteiger partial charge is 0.309 e. The molecule has 0 heterocycles. The first-order chi connectivity index (χ1) is 5.70. The molecule has 0 fully saturated rings. The van der Waals surface area contributed by atoms with Gasteiger partial charge in [0.05, 0.1) is 13.0 Å². The SMILES string of the molecule is CCC/C=C(/C)CC(=O)OCC. The van der Waals surface area contributed by atoms with Crippen molar-refractivity contribution in [1.29, 1.82) is 0 Å². The molecule has 2 nitrogen and oxygen atoms in total. The predicted octanol–water partition coefficient (Wildman–Crippen LogP) is 2.69. The van der Waals surface area contributed by atoms with E-state index in [9.17, 15) is 4.79 Å². The van der Waals surface area contributed by atoms with Crippen molar-refractivity contribution < 1.29 is 9.53 Å². The number of rotatable bonds is 5. The Bertz CT molecular complexity index is 159. The van der Waals surface area contributed by atoms with E-state index in [4.69, 9.17) is 4.74 Å². The van der Waals surface area contributed by atoms with E-state index < -0.39 is 0 Å². The molecule has 0 N–H and O–H groups in total. The van der Waals surface area contributed by atoms with Gasteiger partial charge in [0.15, 0.2) is 0 Å². The van der Waals surface area contributed by atoms with Gasteiger partial charge in [-0.2, -0.15) is 0 Å². The van der Waals surface area contributed by atoms with Crippen molar-refractivity contribution in [3.8, 4) is 0 Å². The molecule has 0 amide bonds. The van der Waals surface area contributed by atoms with E-state index in [1.165, 1.54) is 0 Å². The highest BCUT2D eigenvalue weighted by atomic mass is 16.5. The van der Waals surface area contributed by atoms with E-state index in [1.807, 2.05) is 13.8 Å². The summed E-state index contributed by atoms with van der Waals surface area (Å²) in [6, 6.07) is 0. The van der Waals surface area contributed by atoms with Crippen LogP contribution in [0, 0.1) is 0 Å². The number of hydrogen-bond acceptors (Lipinski definition) is 2. The molecule has 0 unspecified atom stereocenters. The summed E-state index contributed by atoms with van der Waals surface area (Å²) in [4.78, 5) is 11.0. The lowest BCUT2D eigenvalue weighted by molar-refractivity contribution is -0.142. The summed E-state index contributed by atoms with van der Waals surface area (Å²) in [5, 5.41) is 0. The van der Waals surface area contributed by atoms with Gasteiger partial charge in [-0.3, -0.25) is 4.79 Å². The van der Waals surface area contributed by atoms with E-state index in [1.54, 1.807) is 0 Å². The normalized spacial score (nSPS) is 11.4. The van der Waals surface area contributed by atoms with Gasteiger partial charge in [-0.25, -0.2) is 0 Å². The van der Waals surface area contributed by atoms with Crippen LogP contribution in [0.25, 0.3) is 0 Å². The number of ether oxygens (including phenoxy) is 1. The molecule has 0 atom stereocenters. The van der Waals surface area contributed by atoms with Crippen LogP contribution in [0.3, 0.4) is 0 Å². The van der Waals surface area contributed by atoms with Crippen LogP contribution in [0.5, 0.6) is 0 Å². The Labute approximate surface area is 74.6 Å². The van der Waals surface area contributed by atoms with Crippen LogP contribution in [0.15, 0.2) is 11.6 Å². The topological polar surface area (TPSA) is 26.3 Å². The zero-order chi connectivity index (χ0) is 9.40. The number of hydrogen-bond donors (Lipinski definition) is 0. The first-order valence-electron chi connectivity index (χ1n) is 4.52. The quantitative estimate of drug-likeness (QED) is 0.468. The minimum absolute atomic E-state index is 0.123. The molecule has 0 aromatic carbocycles. The monoisotopic (exact) mass is 170 g/mol. The molecule has 12 heavy (non-hydrogen) atoms. The average molecular weight is 170 g/mol. The number of allylic oxidation sites excluding steroid dienone is 1. The maximum Gasteiger partial charge on any atom is 0.309 e. The number of carbonyl (C=O) groups is 1. The van der Waals surface area contributed by atoms with Gasteiger partial charge in [0.25, 0.3) is 0 Å². The zero-order valence-electron chi connectivity index (χ0n) is 8.22. The summed E-state index contributed by atoms with van der Waals surface area (Å²) < 4.78 is 4.81. The molecule has 0 rings (SSSR count). The van der Waals surface area contributed by atoms with Gasteiger partial charge in [-0.1, -0.05) is 25.0 Å². The highest BCUT2D eigenvalue weighted by molar-refractivity contribution is 5.72. The Kier molecular flexibility index (Phi) is 6.44. The standard InChI is InChI=1S/C10H18O2/c1-4-6-7-9(3)8-10(11)12-5-2/h7H,4-6,8H2,1-3H3/b9-7-. The van der Waals surface area contributed by atoms with E-state index >= 15 is 0 Å². The molecule has 0 saturated heterocycles. The average Bonchev–Trinajstić information content (AvgIpc) is 2.01. The fraction of sp³-hybridized carbons (Fsp3) is 0.700. The van der Waals surface area contributed by atoms with Gasteiger partial charge in [0, 0.05) is 0 Å². The van der Waals surface area contributed by atoms with Crippen molar-refractivity contribution in [2.45, 2.75) is 40.0 Å². The number of carbonyl (C=O) groups excluding carboxylic acids is 1. The zero-order valence-corrected chi connectivity index (χ0v) is 8.22. The highest BCUT2D eigenvalue weighted by Gasteiger charge is 2.01. The van der Waals surface area contributed by atoms with Gasteiger partial charge >= 0.3 is 5.97 Å². The summed E-state index contributed by atoms with van der Waals surface area (Å²) in [5.74, 6) is -0.123. The van der Waals surface area contributed by atoms with E-state index in [2.05, 4.69) is 13.0 Å². The van der Waals surface area contributed by atoms with Gasteiger partial charge < -0.3 is 4.74 Å². The van der Waals surface area contributed by atoms with E-state index in [0.717, 1.165) is 18.4 Å². The van der Waals surface area contributed by atoms with Crippen molar-refractivity contribution in [1.82, 2.24) is 0 Å². The van der Waals surface area contributed by atoms with Crippen molar-refractivity contribution >= 4 is 5.97 Å². The lowest BCUT2D eigenvalue weighted by Gasteiger charge is -2.01. The van der Waals surface area contributed by atoms with Crippen LogP contribution < -0.4 is 0 Å². The lowest BCUT2D eigenvalue weighted by atomic mass is 10.1. The van der Waals surface area contributed by atoms with Crippen molar-refractivity contribution in [3.05, 3.63) is 11.6 Å². The Hall–Kier alpha value is -0.790. The minimum Gasteiger partial charge on any atom is -0.466 e. The molecule has 0 saturated carbocycles. The molecule has 0 aliphatic heterocycles. The molecule has 0 radical (unpaired) electrons. The largest absolute Gasteiger partial charge is 0.466 e. The van der Waals surface area contributed by atoms with E-state index in [0.29, 0.717) is 13.0 Å². The molecule has 0 aromatic heterocycles. The number of unbranched alkanes of at least 4 members (excludes halogenated alkanes) is 1. The Morgan fingerprint density at radius 3 is 2.58 bits per heavy atom. The molecule has 70 valence electrons.